The van der Waals surface area contributed by atoms with E-state index in [4.69, 9.17) is 16.0 Å². The number of hydrogen-bond donors (Lipinski definition) is 1. The predicted octanol–water partition coefficient (Wildman–Crippen LogP) is 5.00. The second-order valence-electron chi connectivity index (χ2n) is 4.84. The van der Waals surface area contributed by atoms with Crippen LogP contribution >= 0.6 is 18.5 Å². The van der Waals surface area contributed by atoms with Crippen molar-refractivity contribution in [3.8, 4) is 0 Å². The number of halogens is 1. The molecule has 0 saturated heterocycles. The van der Waals surface area contributed by atoms with Crippen LogP contribution in [0.2, 0.25) is 0 Å². The summed E-state index contributed by atoms with van der Waals surface area (Å²) in [6.07, 6.45) is 9.98. The molecule has 0 amide bonds. The van der Waals surface area contributed by atoms with E-state index in [1.807, 2.05) is 13.7 Å². The lowest BCUT2D eigenvalue weighted by Gasteiger charge is -2.05. The van der Waals surface area contributed by atoms with Crippen LogP contribution in [0.4, 0.5) is 0 Å². The smallest absolute Gasteiger partial charge is 0.132 e. The fourth-order valence-corrected chi connectivity index (χ4v) is 2.83. The number of unbranched alkanes of at least 4 members (excludes halogenated alkanes) is 4. The minimum absolute atomic E-state index is 0. The Labute approximate surface area is 138 Å². The molecule has 0 bridgehead atoms. The van der Waals surface area contributed by atoms with Crippen LogP contribution in [-0.4, -0.2) is 38.5 Å². The van der Waals surface area contributed by atoms with Crippen molar-refractivity contribution >= 4 is 31.1 Å². The largest absolute Gasteiger partial charge is 0.317 e. The van der Waals surface area contributed by atoms with E-state index in [1.165, 1.54) is 31.8 Å². The molecule has 0 spiro atoms. The number of ketones is 1. The third-order valence-electron chi connectivity index (χ3n) is 3.02. The number of carbonyl (C=O) groups is 2. The number of hydrogen-bond acceptors (Lipinski definition) is 3. The number of nitrogens with one attached hydrogen (secondary N) is 1. The summed E-state index contributed by atoms with van der Waals surface area (Å²) in [6.45, 7) is 8.23. The highest BCUT2D eigenvalue weighted by Crippen LogP contribution is 2.37. The molecule has 1 atom stereocenters. The van der Waals surface area contributed by atoms with E-state index in [0.717, 1.165) is 32.4 Å². The molecular formula is C16H35ClNO2P. The topological polar surface area (TPSA) is 46.2 Å². The lowest BCUT2D eigenvalue weighted by Crippen LogP contribution is -2.16. The van der Waals surface area contributed by atoms with Crippen LogP contribution in [0.5, 0.6) is 0 Å². The zero-order valence-electron chi connectivity index (χ0n) is 13.1. The van der Waals surface area contributed by atoms with Gasteiger partial charge in [0.05, 0.1) is 0 Å². The normalized spacial score (nSPS) is 11.0. The molecule has 0 aliphatic heterocycles. The molecule has 0 aliphatic carbocycles. The molecule has 1 N–H and O–H groups in total. The predicted molar refractivity (Wildman–Crippen MR) is 97.9 cm³/mol. The van der Waals surface area contributed by atoms with E-state index in [9.17, 15) is 4.79 Å². The van der Waals surface area contributed by atoms with Crippen molar-refractivity contribution in [3.63, 3.8) is 0 Å². The summed E-state index contributed by atoms with van der Waals surface area (Å²) in [7, 11) is -0.213. The van der Waals surface area contributed by atoms with E-state index in [1.54, 1.807) is 0 Å². The van der Waals surface area contributed by atoms with E-state index in [2.05, 4.69) is 12.0 Å². The average molecular weight is 340 g/mol. The van der Waals surface area contributed by atoms with Gasteiger partial charge in [0.1, 0.15) is 12.6 Å². The van der Waals surface area contributed by atoms with E-state index < -0.39 is 0 Å². The molecule has 3 nitrogen and oxygen atoms in total. The Balaban J connectivity index is -0.00000103. The molecule has 0 aromatic rings. The van der Waals surface area contributed by atoms with Crippen molar-refractivity contribution in [1.29, 1.82) is 0 Å². The van der Waals surface area contributed by atoms with Gasteiger partial charge in [-0.1, -0.05) is 38.4 Å². The Hall–Kier alpha value is 0.0200. The second kappa shape index (κ2) is 22.3. The van der Waals surface area contributed by atoms with Crippen molar-refractivity contribution in [2.24, 2.45) is 0 Å². The van der Waals surface area contributed by atoms with Gasteiger partial charge in [-0.3, -0.25) is 4.79 Å². The van der Waals surface area contributed by atoms with Gasteiger partial charge >= 0.3 is 0 Å². The van der Waals surface area contributed by atoms with Crippen LogP contribution in [0.3, 0.4) is 0 Å². The summed E-state index contributed by atoms with van der Waals surface area (Å²) in [5, 5.41) is 3.44. The third-order valence-corrected chi connectivity index (χ3v) is 4.46. The molecule has 0 fully saturated rings. The maximum atomic E-state index is 11.1. The van der Waals surface area contributed by atoms with Crippen molar-refractivity contribution in [2.75, 3.05) is 25.9 Å². The lowest BCUT2D eigenvalue weighted by atomic mass is 10.1. The summed E-state index contributed by atoms with van der Waals surface area (Å²) in [4.78, 5) is 19.1. The second-order valence-corrected chi connectivity index (χ2v) is 8.23. The fraction of sp³-hybridized carbons (Fsp3) is 0.875. The van der Waals surface area contributed by atoms with Gasteiger partial charge in [0.25, 0.3) is 0 Å². The minimum atomic E-state index is -0.213. The van der Waals surface area contributed by atoms with Crippen molar-refractivity contribution in [3.05, 3.63) is 0 Å². The molecule has 0 aromatic carbocycles. The van der Waals surface area contributed by atoms with Crippen molar-refractivity contribution < 1.29 is 9.59 Å². The molecule has 0 radical (unpaired) electrons. The summed E-state index contributed by atoms with van der Waals surface area (Å²) < 4.78 is 0. The van der Waals surface area contributed by atoms with E-state index in [0.29, 0.717) is 12.2 Å². The Morgan fingerprint density at radius 1 is 1.05 bits per heavy atom. The first-order valence-electron chi connectivity index (χ1n) is 7.55. The van der Waals surface area contributed by atoms with Crippen LogP contribution in [0.1, 0.15) is 65.7 Å². The standard InChI is InChI=1S/C14H29ClNOP.CH2O.CH4/c1-3-14(17)10-6-8-12-16-11-7-4-5-9-13-18(2)15;1-2;/h16H,3-13H2,1-2H3;1H2;1H4. The Kier molecular flexibility index (Phi) is 27.6. The lowest BCUT2D eigenvalue weighted by molar-refractivity contribution is -0.118. The molecule has 0 rings (SSSR count). The maximum Gasteiger partial charge on any atom is 0.132 e. The van der Waals surface area contributed by atoms with Gasteiger partial charge < -0.3 is 10.1 Å². The first kappa shape index (κ1) is 25.9. The number of carbonyl (C=O) groups excluding carboxylic acids is 2. The Morgan fingerprint density at radius 3 is 2.10 bits per heavy atom. The van der Waals surface area contributed by atoms with E-state index >= 15 is 0 Å². The highest BCUT2D eigenvalue weighted by Gasteiger charge is 1.98. The minimum Gasteiger partial charge on any atom is -0.317 e. The van der Waals surface area contributed by atoms with Gasteiger partial charge in [0.15, 0.2) is 0 Å². The number of rotatable bonds is 13. The van der Waals surface area contributed by atoms with Crippen LogP contribution in [-0.2, 0) is 9.59 Å². The van der Waals surface area contributed by atoms with Gasteiger partial charge in [0.2, 0.25) is 0 Å². The first-order valence-corrected chi connectivity index (χ1v) is 10.4. The van der Waals surface area contributed by atoms with Crippen LogP contribution in [0.15, 0.2) is 0 Å². The summed E-state index contributed by atoms with van der Waals surface area (Å²) in [5.41, 5.74) is 0. The summed E-state index contributed by atoms with van der Waals surface area (Å²) in [6, 6.07) is 0. The molecule has 0 aliphatic rings. The molecule has 5 heteroatoms. The average Bonchev–Trinajstić information content (AvgIpc) is 2.46. The molecule has 0 saturated carbocycles. The van der Waals surface area contributed by atoms with Gasteiger partial charge in [-0.25, -0.2) is 0 Å². The van der Waals surface area contributed by atoms with Crippen LogP contribution < -0.4 is 5.32 Å². The van der Waals surface area contributed by atoms with Crippen LogP contribution in [0.25, 0.3) is 0 Å². The fourth-order valence-electron chi connectivity index (χ4n) is 1.81. The Morgan fingerprint density at radius 2 is 1.57 bits per heavy atom. The molecule has 128 valence electrons. The van der Waals surface area contributed by atoms with Crippen molar-refractivity contribution in [2.45, 2.75) is 65.7 Å². The molecule has 0 heterocycles. The number of Topliss-reactive ketones (excluding diaryl/α,β-unsaturated/α-hetero) is 1. The molecule has 21 heavy (non-hydrogen) atoms. The van der Waals surface area contributed by atoms with Gasteiger partial charge in [0, 0.05) is 12.8 Å². The van der Waals surface area contributed by atoms with Gasteiger partial charge in [-0.15, -0.1) is 0 Å². The summed E-state index contributed by atoms with van der Waals surface area (Å²) in [5.74, 6) is 0.394. The maximum absolute atomic E-state index is 11.1. The SMILES string of the molecule is C.C=O.CCC(=O)CCCCNCCCCCCP(C)Cl. The molecule has 0 aromatic heterocycles. The zero-order valence-corrected chi connectivity index (χ0v) is 14.8. The van der Waals surface area contributed by atoms with Gasteiger partial charge in [-0.2, -0.15) is 0 Å². The quantitative estimate of drug-likeness (QED) is 0.379. The monoisotopic (exact) mass is 339 g/mol. The van der Waals surface area contributed by atoms with Crippen LogP contribution in [0, 0.1) is 0 Å². The summed E-state index contributed by atoms with van der Waals surface area (Å²) >= 11 is 5.95. The highest BCUT2D eigenvalue weighted by molar-refractivity contribution is 7.83. The third kappa shape index (κ3) is 25.3. The van der Waals surface area contributed by atoms with Crippen molar-refractivity contribution in [1.82, 2.24) is 5.32 Å². The highest BCUT2D eigenvalue weighted by atomic mass is 35.7. The molecular weight excluding hydrogens is 305 g/mol. The van der Waals surface area contributed by atoms with E-state index in [-0.39, 0.29) is 14.7 Å². The Bertz CT molecular complexity index is 216. The zero-order chi connectivity index (χ0) is 15.6. The van der Waals surface area contributed by atoms with Gasteiger partial charge in [-0.05, 0) is 58.9 Å². The first-order chi connectivity index (χ1) is 9.66. The molecule has 1 unspecified atom stereocenters.